The Bertz CT molecular complexity index is 448. The Morgan fingerprint density at radius 1 is 1.40 bits per heavy atom. The molecular formula is C14H21N3O2S. The molecule has 0 aliphatic rings. The number of rotatable bonds is 8. The van der Waals surface area contributed by atoms with E-state index in [2.05, 4.69) is 5.32 Å². The number of nitrogens with one attached hydrogen (secondary N) is 1. The van der Waals surface area contributed by atoms with Crippen LogP contribution in [0, 0.1) is 0 Å². The van der Waals surface area contributed by atoms with Gasteiger partial charge in [0.1, 0.15) is 4.99 Å². The number of carbonyl (C=O) groups excluding carboxylic acids is 1. The monoisotopic (exact) mass is 295 g/mol. The van der Waals surface area contributed by atoms with Gasteiger partial charge < -0.3 is 15.8 Å². The Morgan fingerprint density at radius 2 is 2.05 bits per heavy atom. The minimum atomic E-state index is -0.0629. The highest BCUT2D eigenvalue weighted by Crippen LogP contribution is 2.09. The molecular weight excluding hydrogens is 274 g/mol. The predicted octanol–water partition coefficient (Wildman–Crippen LogP) is 1.23. The predicted molar refractivity (Wildman–Crippen MR) is 84.9 cm³/mol. The summed E-state index contributed by atoms with van der Waals surface area (Å²) in [6.07, 6.45) is 0. The SMILES string of the molecule is CCOCCN(C)CC(=O)Nc1ccc(C(N)=S)cc1. The van der Waals surface area contributed by atoms with Crippen LogP contribution >= 0.6 is 12.2 Å². The van der Waals surface area contributed by atoms with Gasteiger partial charge in [0.25, 0.3) is 0 Å². The number of hydrogen-bond acceptors (Lipinski definition) is 4. The largest absolute Gasteiger partial charge is 0.389 e. The van der Waals surface area contributed by atoms with Gasteiger partial charge in [-0.2, -0.15) is 0 Å². The van der Waals surface area contributed by atoms with Gasteiger partial charge in [0.15, 0.2) is 0 Å². The number of amides is 1. The van der Waals surface area contributed by atoms with Crippen LogP contribution in [0.5, 0.6) is 0 Å². The van der Waals surface area contributed by atoms with Crippen molar-refractivity contribution in [2.75, 3.05) is 38.7 Å². The van der Waals surface area contributed by atoms with Gasteiger partial charge in [0.2, 0.25) is 5.91 Å². The summed E-state index contributed by atoms with van der Waals surface area (Å²) in [6, 6.07) is 7.15. The molecule has 1 aromatic rings. The summed E-state index contributed by atoms with van der Waals surface area (Å²) < 4.78 is 5.24. The third-order valence-corrected chi connectivity index (χ3v) is 2.92. The average molecular weight is 295 g/mol. The average Bonchev–Trinajstić information content (AvgIpc) is 2.39. The van der Waals surface area contributed by atoms with Gasteiger partial charge in [-0.3, -0.25) is 9.69 Å². The van der Waals surface area contributed by atoms with E-state index >= 15 is 0 Å². The Morgan fingerprint density at radius 3 is 2.60 bits per heavy atom. The molecule has 0 radical (unpaired) electrons. The number of carbonyl (C=O) groups is 1. The zero-order chi connectivity index (χ0) is 15.0. The van der Waals surface area contributed by atoms with E-state index in [0.717, 1.165) is 17.8 Å². The van der Waals surface area contributed by atoms with Gasteiger partial charge in [-0.25, -0.2) is 0 Å². The van der Waals surface area contributed by atoms with E-state index < -0.39 is 0 Å². The van der Waals surface area contributed by atoms with Gasteiger partial charge in [-0.05, 0) is 38.2 Å². The lowest BCUT2D eigenvalue weighted by Gasteiger charge is -2.16. The number of benzene rings is 1. The van der Waals surface area contributed by atoms with Gasteiger partial charge in [-0.15, -0.1) is 0 Å². The van der Waals surface area contributed by atoms with Crippen molar-refractivity contribution in [3.8, 4) is 0 Å². The van der Waals surface area contributed by atoms with E-state index in [1.54, 1.807) is 24.3 Å². The van der Waals surface area contributed by atoms with Crippen molar-refractivity contribution in [3.05, 3.63) is 29.8 Å². The summed E-state index contributed by atoms with van der Waals surface area (Å²) in [5.74, 6) is -0.0629. The maximum absolute atomic E-state index is 11.8. The van der Waals surface area contributed by atoms with Crippen molar-refractivity contribution < 1.29 is 9.53 Å². The molecule has 0 unspecified atom stereocenters. The molecule has 0 fully saturated rings. The Hall–Kier alpha value is -1.50. The first-order chi connectivity index (χ1) is 9.52. The highest BCUT2D eigenvalue weighted by atomic mass is 32.1. The first kappa shape index (κ1) is 16.6. The van der Waals surface area contributed by atoms with Crippen LogP contribution in [-0.2, 0) is 9.53 Å². The summed E-state index contributed by atoms with van der Waals surface area (Å²) in [7, 11) is 1.88. The van der Waals surface area contributed by atoms with E-state index in [1.165, 1.54) is 0 Å². The van der Waals surface area contributed by atoms with Crippen molar-refractivity contribution >= 4 is 28.8 Å². The molecule has 0 aliphatic carbocycles. The molecule has 3 N–H and O–H groups in total. The maximum atomic E-state index is 11.8. The summed E-state index contributed by atoms with van der Waals surface area (Å²) in [5, 5.41) is 2.82. The number of thiocarbonyl (C=S) groups is 1. The van der Waals surface area contributed by atoms with Gasteiger partial charge in [0.05, 0.1) is 13.2 Å². The maximum Gasteiger partial charge on any atom is 0.238 e. The molecule has 0 aliphatic heterocycles. The molecule has 1 rings (SSSR count). The van der Waals surface area contributed by atoms with Gasteiger partial charge in [-0.1, -0.05) is 12.2 Å². The van der Waals surface area contributed by atoms with Gasteiger partial charge >= 0.3 is 0 Å². The summed E-state index contributed by atoms with van der Waals surface area (Å²) in [5.41, 5.74) is 7.03. The standard InChI is InChI=1S/C14H21N3O2S/c1-3-19-9-8-17(2)10-13(18)16-12-6-4-11(5-7-12)14(15)20/h4-7H,3,8-10H2,1-2H3,(H2,15,20)(H,16,18). The van der Waals surface area contributed by atoms with Crippen molar-refractivity contribution in [2.24, 2.45) is 5.73 Å². The molecule has 0 bridgehead atoms. The zero-order valence-electron chi connectivity index (χ0n) is 11.9. The smallest absolute Gasteiger partial charge is 0.238 e. The van der Waals surface area contributed by atoms with Crippen LogP contribution in [0.3, 0.4) is 0 Å². The number of nitrogens with zero attached hydrogens (tertiary/aromatic N) is 1. The molecule has 1 amide bonds. The van der Waals surface area contributed by atoms with Gasteiger partial charge in [0, 0.05) is 24.4 Å². The molecule has 110 valence electrons. The molecule has 0 saturated carbocycles. The molecule has 20 heavy (non-hydrogen) atoms. The highest BCUT2D eigenvalue weighted by Gasteiger charge is 2.07. The van der Waals surface area contributed by atoms with Crippen LogP contribution < -0.4 is 11.1 Å². The second-order valence-corrected chi connectivity index (χ2v) is 4.86. The molecule has 1 aromatic carbocycles. The van der Waals surface area contributed by atoms with Crippen molar-refractivity contribution in [2.45, 2.75) is 6.92 Å². The third kappa shape index (κ3) is 6.10. The molecule has 0 saturated heterocycles. The van der Waals surface area contributed by atoms with Crippen LogP contribution in [0.2, 0.25) is 0 Å². The highest BCUT2D eigenvalue weighted by molar-refractivity contribution is 7.80. The second-order valence-electron chi connectivity index (χ2n) is 4.42. The van der Waals surface area contributed by atoms with Crippen LogP contribution in [-0.4, -0.2) is 49.1 Å². The van der Waals surface area contributed by atoms with E-state index in [9.17, 15) is 4.79 Å². The fourth-order valence-electron chi connectivity index (χ4n) is 1.61. The zero-order valence-corrected chi connectivity index (χ0v) is 12.7. The number of nitrogens with two attached hydrogens (primary N) is 1. The second kappa shape index (κ2) is 8.63. The molecule has 0 aromatic heterocycles. The number of likely N-dealkylation sites (N-methyl/N-ethyl adjacent to an activating group) is 1. The normalized spacial score (nSPS) is 10.6. The summed E-state index contributed by atoms with van der Waals surface area (Å²) in [4.78, 5) is 14.1. The van der Waals surface area contributed by atoms with E-state index in [0.29, 0.717) is 24.7 Å². The van der Waals surface area contributed by atoms with E-state index in [4.69, 9.17) is 22.7 Å². The van der Waals surface area contributed by atoms with Crippen molar-refractivity contribution in [1.82, 2.24) is 4.90 Å². The molecule has 0 spiro atoms. The Kier molecular flexibility index (Phi) is 7.14. The van der Waals surface area contributed by atoms with Crippen LogP contribution in [0.25, 0.3) is 0 Å². The van der Waals surface area contributed by atoms with E-state index in [1.807, 2.05) is 18.9 Å². The lowest BCUT2D eigenvalue weighted by Crippen LogP contribution is -2.32. The quantitative estimate of drug-likeness (QED) is 0.558. The van der Waals surface area contributed by atoms with Crippen LogP contribution in [0.4, 0.5) is 5.69 Å². The molecule has 0 atom stereocenters. The lowest BCUT2D eigenvalue weighted by molar-refractivity contribution is -0.117. The van der Waals surface area contributed by atoms with Crippen molar-refractivity contribution in [3.63, 3.8) is 0 Å². The first-order valence-electron chi connectivity index (χ1n) is 6.49. The van der Waals surface area contributed by atoms with Crippen LogP contribution in [0.1, 0.15) is 12.5 Å². The fourth-order valence-corrected chi connectivity index (χ4v) is 1.74. The molecule has 5 nitrogen and oxygen atoms in total. The minimum absolute atomic E-state index is 0.0629. The molecule has 0 heterocycles. The Balaban J connectivity index is 2.39. The summed E-state index contributed by atoms with van der Waals surface area (Å²) in [6.45, 7) is 4.31. The Labute approximate surface area is 125 Å². The number of anilines is 1. The third-order valence-electron chi connectivity index (χ3n) is 2.69. The lowest BCUT2D eigenvalue weighted by atomic mass is 10.2. The summed E-state index contributed by atoms with van der Waals surface area (Å²) >= 11 is 4.87. The first-order valence-corrected chi connectivity index (χ1v) is 6.89. The van der Waals surface area contributed by atoms with E-state index in [-0.39, 0.29) is 5.91 Å². The molecule has 6 heteroatoms. The minimum Gasteiger partial charge on any atom is -0.389 e. The number of ether oxygens (including phenoxy) is 1. The number of hydrogen-bond donors (Lipinski definition) is 2. The fraction of sp³-hybridized carbons (Fsp3) is 0.429. The van der Waals surface area contributed by atoms with Crippen molar-refractivity contribution in [1.29, 1.82) is 0 Å². The van der Waals surface area contributed by atoms with Crippen LogP contribution in [0.15, 0.2) is 24.3 Å². The topological polar surface area (TPSA) is 67.6 Å².